The third-order valence-electron chi connectivity index (χ3n) is 6.21. The van der Waals surface area contributed by atoms with Crippen LogP contribution in [-0.4, -0.2) is 20.9 Å². The van der Waals surface area contributed by atoms with Crippen LogP contribution in [0.5, 0.6) is 5.75 Å². The van der Waals surface area contributed by atoms with Crippen LogP contribution < -0.4 is 10.1 Å². The van der Waals surface area contributed by atoms with Crippen LogP contribution in [0.3, 0.4) is 0 Å². The average molecular weight is 519 g/mol. The maximum Gasteiger partial charge on any atom is 0.257 e. The molecule has 2 N–H and O–H groups in total. The summed E-state index contributed by atoms with van der Waals surface area (Å²) in [5.74, 6) is 0.0747. The molecule has 0 saturated heterocycles. The second kappa shape index (κ2) is 8.15. The number of benzene rings is 3. The first kappa shape index (κ1) is 22.7. The number of thiazole rings is 1. The van der Waals surface area contributed by atoms with Gasteiger partial charge in [0.2, 0.25) is 0 Å². The van der Waals surface area contributed by atoms with Crippen LogP contribution in [0.1, 0.15) is 35.5 Å². The van der Waals surface area contributed by atoms with Gasteiger partial charge in [0, 0.05) is 11.1 Å². The second-order valence-electron chi connectivity index (χ2n) is 9.12. The normalized spacial score (nSPS) is 13.7. The lowest BCUT2D eigenvalue weighted by Gasteiger charge is -2.32. The van der Waals surface area contributed by atoms with Crippen molar-refractivity contribution in [2.45, 2.75) is 26.4 Å². The van der Waals surface area contributed by atoms with Gasteiger partial charge in [-0.3, -0.25) is 10.1 Å². The number of aromatic nitrogens is 3. The summed E-state index contributed by atoms with van der Waals surface area (Å²) in [6.07, 6.45) is 0. The highest BCUT2D eigenvalue weighted by atomic mass is 35.5. The zero-order valence-electron chi connectivity index (χ0n) is 19.6. The van der Waals surface area contributed by atoms with Gasteiger partial charge >= 0.3 is 0 Å². The van der Waals surface area contributed by atoms with Gasteiger partial charge in [-0.05, 0) is 62.7 Å². The Morgan fingerprint density at radius 1 is 1.14 bits per heavy atom. The van der Waals surface area contributed by atoms with E-state index in [1.165, 1.54) is 17.4 Å². The lowest BCUT2D eigenvalue weighted by Crippen LogP contribution is -2.29. The van der Waals surface area contributed by atoms with E-state index < -0.39 is 11.4 Å². The summed E-state index contributed by atoms with van der Waals surface area (Å²) in [7, 11) is 0. The predicted molar refractivity (Wildman–Crippen MR) is 140 cm³/mol. The largest absolute Gasteiger partial charge is 0.481 e. The van der Waals surface area contributed by atoms with E-state index in [1.807, 2.05) is 39.0 Å². The van der Waals surface area contributed by atoms with Crippen molar-refractivity contribution in [3.8, 4) is 28.4 Å². The minimum Gasteiger partial charge on any atom is -0.481 e. The van der Waals surface area contributed by atoms with Crippen LogP contribution in [0, 0.1) is 12.7 Å². The molecule has 6 rings (SSSR count). The fourth-order valence-electron chi connectivity index (χ4n) is 4.42. The molecule has 0 fully saturated rings. The maximum atomic E-state index is 14.6. The number of aryl methyl sites for hydroxylation is 1. The van der Waals surface area contributed by atoms with E-state index in [0.29, 0.717) is 39.2 Å². The molecular formula is C27H20ClFN4O2S. The van der Waals surface area contributed by atoms with Gasteiger partial charge in [-0.15, -0.1) is 0 Å². The Hall–Kier alpha value is -3.75. The monoisotopic (exact) mass is 518 g/mol. The number of amides is 1. The highest BCUT2D eigenvalue weighted by molar-refractivity contribution is 7.22. The van der Waals surface area contributed by atoms with E-state index in [2.05, 4.69) is 20.3 Å². The highest BCUT2D eigenvalue weighted by Gasteiger charge is 2.37. The molecule has 1 amide bonds. The molecule has 9 heteroatoms. The minimum absolute atomic E-state index is 0.202. The van der Waals surface area contributed by atoms with Crippen molar-refractivity contribution in [1.29, 1.82) is 0 Å². The number of hydrogen-bond donors (Lipinski definition) is 2. The maximum absolute atomic E-state index is 14.6. The number of para-hydroxylation sites is 1. The molecule has 0 spiro atoms. The van der Waals surface area contributed by atoms with Crippen molar-refractivity contribution in [1.82, 2.24) is 15.0 Å². The lowest BCUT2D eigenvalue weighted by molar-refractivity contribution is 0.0985. The zero-order chi connectivity index (χ0) is 25.2. The molecule has 2 aromatic heterocycles. The van der Waals surface area contributed by atoms with Crippen molar-refractivity contribution < 1.29 is 13.9 Å². The molecule has 0 atom stereocenters. The Morgan fingerprint density at radius 2 is 1.94 bits per heavy atom. The average Bonchev–Trinajstić information content (AvgIpc) is 3.44. The SMILES string of the molecule is Cc1cccc2sc(NC(=O)c3ccc4c(c3)OC(C)(C)c3[nH]c(-c5c(F)cccc5Cl)nc3-4)nc12. The molecular weight excluding hydrogens is 499 g/mol. The quantitative estimate of drug-likeness (QED) is 0.262. The van der Waals surface area contributed by atoms with Crippen molar-refractivity contribution in [3.63, 3.8) is 0 Å². The number of carbonyl (C=O) groups excluding carboxylic acids is 1. The van der Waals surface area contributed by atoms with Crippen molar-refractivity contribution in [3.05, 3.63) is 82.3 Å². The third kappa shape index (κ3) is 3.65. The number of nitrogens with one attached hydrogen (secondary N) is 2. The number of aromatic amines is 1. The van der Waals surface area contributed by atoms with E-state index in [1.54, 1.807) is 30.3 Å². The fourth-order valence-corrected chi connectivity index (χ4v) is 5.62. The van der Waals surface area contributed by atoms with Crippen LogP contribution in [0.15, 0.2) is 54.6 Å². The summed E-state index contributed by atoms with van der Waals surface area (Å²) in [4.78, 5) is 25.5. The summed E-state index contributed by atoms with van der Waals surface area (Å²) >= 11 is 7.70. The number of ether oxygens (including phenoxy) is 1. The van der Waals surface area contributed by atoms with Crippen LogP contribution in [0.2, 0.25) is 5.02 Å². The van der Waals surface area contributed by atoms with Crippen LogP contribution in [-0.2, 0) is 5.60 Å². The number of nitrogens with zero attached hydrogens (tertiary/aromatic N) is 2. The van der Waals surface area contributed by atoms with Gasteiger partial charge in [-0.25, -0.2) is 14.4 Å². The molecule has 1 aliphatic heterocycles. The van der Waals surface area contributed by atoms with E-state index in [9.17, 15) is 9.18 Å². The van der Waals surface area contributed by atoms with Gasteiger partial charge in [-0.2, -0.15) is 0 Å². The Balaban J connectivity index is 1.36. The number of hydrogen-bond acceptors (Lipinski definition) is 5. The first-order valence-electron chi connectivity index (χ1n) is 11.3. The number of carbonyl (C=O) groups is 1. The smallest absolute Gasteiger partial charge is 0.257 e. The van der Waals surface area contributed by atoms with Gasteiger partial charge in [0.05, 0.1) is 32.2 Å². The molecule has 36 heavy (non-hydrogen) atoms. The van der Waals surface area contributed by atoms with Crippen molar-refractivity contribution >= 4 is 44.2 Å². The van der Waals surface area contributed by atoms with Crippen LogP contribution in [0.25, 0.3) is 32.9 Å². The minimum atomic E-state index is -0.801. The van der Waals surface area contributed by atoms with Crippen LogP contribution >= 0.6 is 22.9 Å². The number of halogens is 2. The molecule has 1 aliphatic rings. The molecule has 3 heterocycles. The Labute approximate surface area is 215 Å². The summed E-state index contributed by atoms with van der Waals surface area (Å²) in [5.41, 5.74) is 3.79. The van der Waals surface area contributed by atoms with Crippen LogP contribution in [0.4, 0.5) is 9.52 Å². The van der Waals surface area contributed by atoms with Gasteiger partial charge in [0.1, 0.15) is 23.0 Å². The topological polar surface area (TPSA) is 79.9 Å². The number of rotatable bonds is 3. The third-order valence-corrected chi connectivity index (χ3v) is 7.46. The molecule has 0 saturated carbocycles. The summed E-state index contributed by atoms with van der Waals surface area (Å²) < 4.78 is 21.9. The van der Waals surface area contributed by atoms with E-state index in [-0.39, 0.29) is 16.5 Å². The van der Waals surface area contributed by atoms with Gasteiger partial charge in [0.15, 0.2) is 5.13 Å². The summed E-state index contributed by atoms with van der Waals surface area (Å²) in [6, 6.07) is 15.6. The first-order chi connectivity index (χ1) is 17.2. The molecule has 180 valence electrons. The number of H-pyrrole nitrogens is 1. The van der Waals surface area contributed by atoms with E-state index in [4.69, 9.17) is 16.3 Å². The van der Waals surface area contributed by atoms with Gasteiger partial charge < -0.3 is 9.72 Å². The molecule has 0 bridgehead atoms. The van der Waals surface area contributed by atoms with Gasteiger partial charge in [0.25, 0.3) is 5.91 Å². The second-order valence-corrected chi connectivity index (χ2v) is 10.6. The van der Waals surface area contributed by atoms with Crippen molar-refractivity contribution in [2.75, 3.05) is 5.32 Å². The predicted octanol–water partition coefficient (Wildman–Crippen LogP) is 7.33. The fraction of sp³-hybridized carbons (Fsp3) is 0.148. The Morgan fingerprint density at radius 3 is 2.72 bits per heavy atom. The molecule has 3 aromatic carbocycles. The summed E-state index contributed by atoms with van der Waals surface area (Å²) in [6.45, 7) is 5.76. The van der Waals surface area contributed by atoms with E-state index in [0.717, 1.165) is 15.8 Å². The molecule has 0 radical (unpaired) electrons. The Kier molecular flexibility index (Phi) is 5.14. The molecule has 6 nitrogen and oxygen atoms in total. The van der Waals surface area contributed by atoms with Crippen molar-refractivity contribution in [2.24, 2.45) is 0 Å². The number of imidazole rings is 1. The molecule has 0 aliphatic carbocycles. The Bertz CT molecular complexity index is 1670. The highest BCUT2D eigenvalue weighted by Crippen LogP contribution is 2.46. The number of anilines is 1. The zero-order valence-corrected chi connectivity index (χ0v) is 21.1. The molecule has 5 aromatic rings. The van der Waals surface area contributed by atoms with Gasteiger partial charge in [-0.1, -0.05) is 41.1 Å². The number of fused-ring (bicyclic) bond motifs is 4. The standard InChI is InChI=1S/C27H20ClFN4O2S/c1-13-6-4-9-19-21(13)31-26(36-19)33-25(34)14-10-11-15-18(12-14)35-27(2,3)23-22(15)30-24(32-23)20-16(28)7-5-8-17(20)29/h4-12H,1-3H3,(H,30,32)(H,31,33,34). The summed E-state index contributed by atoms with van der Waals surface area (Å²) in [5, 5.41) is 3.69. The lowest BCUT2D eigenvalue weighted by atomic mass is 9.94. The molecule has 0 unspecified atom stereocenters. The first-order valence-corrected chi connectivity index (χ1v) is 12.5. The van der Waals surface area contributed by atoms with E-state index >= 15 is 0 Å².